The van der Waals surface area contributed by atoms with E-state index in [0.29, 0.717) is 11.3 Å². The monoisotopic (exact) mass is 302 g/mol. The molecule has 0 radical (unpaired) electrons. The summed E-state index contributed by atoms with van der Waals surface area (Å²) in [4.78, 5) is 8.62. The van der Waals surface area contributed by atoms with E-state index < -0.39 is 0 Å². The van der Waals surface area contributed by atoms with Crippen LogP contribution in [0, 0.1) is 5.82 Å². The highest BCUT2D eigenvalue weighted by atomic mass is 35.5. The van der Waals surface area contributed by atoms with Gasteiger partial charge in [0.15, 0.2) is 0 Å². The fourth-order valence-corrected chi connectivity index (χ4v) is 2.32. The lowest BCUT2D eigenvalue weighted by Crippen LogP contribution is -1.95. The Balaban J connectivity index is 0.00000161. The van der Waals surface area contributed by atoms with Gasteiger partial charge in [0.1, 0.15) is 12.1 Å². The van der Waals surface area contributed by atoms with Crippen molar-refractivity contribution in [2.45, 2.75) is 19.8 Å². The summed E-state index contributed by atoms with van der Waals surface area (Å²) in [5, 5.41) is 1.50. The fraction of sp³-hybridized carbons (Fsp3) is 0.176. The first-order valence-corrected chi connectivity index (χ1v) is 6.66. The van der Waals surface area contributed by atoms with Crippen molar-refractivity contribution < 1.29 is 4.39 Å². The van der Waals surface area contributed by atoms with E-state index in [-0.39, 0.29) is 18.2 Å². The first-order chi connectivity index (χ1) is 9.66. The third kappa shape index (κ3) is 2.88. The van der Waals surface area contributed by atoms with Crippen LogP contribution in [0.25, 0.3) is 22.0 Å². The largest absolute Gasteiger partial charge is 0.241 e. The summed E-state index contributed by atoms with van der Waals surface area (Å²) in [7, 11) is 0. The maximum absolute atomic E-state index is 13.9. The Morgan fingerprint density at radius 2 is 1.67 bits per heavy atom. The fourth-order valence-electron chi connectivity index (χ4n) is 2.32. The van der Waals surface area contributed by atoms with E-state index in [9.17, 15) is 4.39 Å². The minimum atomic E-state index is -0.206. The molecule has 0 aliphatic rings. The van der Waals surface area contributed by atoms with Crippen molar-refractivity contribution in [3.8, 4) is 11.3 Å². The predicted molar refractivity (Wildman–Crippen MR) is 86.3 cm³/mol. The van der Waals surface area contributed by atoms with Gasteiger partial charge in [0.2, 0.25) is 0 Å². The molecule has 3 aromatic rings. The highest BCUT2D eigenvalue weighted by molar-refractivity contribution is 5.96. The zero-order chi connectivity index (χ0) is 14.1. The van der Waals surface area contributed by atoms with E-state index in [0.717, 1.165) is 22.3 Å². The van der Waals surface area contributed by atoms with E-state index in [1.165, 1.54) is 6.07 Å². The Labute approximate surface area is 129 Å². The van der Waals surface area contributed by atoms with Crippen LogP contribution in [0.5, 0.6) is 0 Å². The zero-order valence-corrected chi connectivity index (χ0v) is 12.7. The standard InChI is InChI=1S/C17H15FN2.ClH/c1-11(2)16-9-17(20-10-19-16)14-7-8-15(18)13-6-4-3-5-12(13)14;/h3-11H,1-2H3;1H. The number of halogens is 2. The lowest BCUT2D eigenvalue weighted by Gasteiger charge is -2.09. The average Bonchev–Trinajstić information content (AvgIpc) is 2.48. The topological polar surface area (TPSA) is 25.8 Å². The first-order valence-electron chi connectivity index (χ1n) is 6.66. The van der Waals surface area contributed by atoms with Crippen LogP contribution in [0.1, 0.15) is 25.5 Å². The molecule has 3 rings (SSSR count). The summed E-state index contributed by atoms with van der Waals surface area (Å²) in [6.07, 6.45) is 1.57. The quantitative estimate of drug-likeness (QED) is 0.667. The van der Waals surface area contributed by atoms with Gasteiger partial charge in [-0.3, -0.25) is 0 Å². The SMILES string of the molecule is CC(C)c1cc(-c2ccc(F)c3ccccc23)ncn1.Cl. The molecule has 0 atom stereocenters. The van der Waals surface area contributed by atoms with Crippen LogP contribution in [0.4, 0.5) is 4.39 Å². The molecule has 0 unspecified atom stereocenters. The highest BCUT2D eigenvalue weighted by Gasteiger charge is 2.10. The van der Waals surface area contributed by atoms with Crippen molar-refractivity contribution in [3.63, 3.8) is 0 Å². The molecule has 0 bridgehead atoms. The van der Waals surface area contributed by atoms with Gasteiger partial charge >= 0.3 is 0 Å². The number of hydrogen-bond donors (Lipinski definition) is 0. The van der Waals surface area contributed by atoms with Gasteiger partial charge < -0.3 is 0 Å². The minimum absolute atomic E-state index is 0. The van der Waals surface area contributed by atoms with Crippen LogP contribution in [-0.2, 0) is 0 Å². The molecule has 0 saturated heterocycles. The summed E-state index contributed by atoms with van der Waals surface area (Å²) in [6, 6.07) is 12.7. The van der Waals surface area contributed by atoms with Crippen LogP contribution in [0.3, 0.4) is 0 Å². The second-order valence-corrected chi connectivity index (χ2v) is 5.12. The Morgan fingerprint density at radius 3 is 2.38 bits per heavy atom. The molecule has 0 saturated carbocycles. The molecule has 21 heavy (non-hydrogen) atoms. The van der Waals surface area contributed by atoms with Crippen LogP contribution in [0.15, 0.2) is 48.8 Å². The number of hydrogen-bond acceptors (Lipinski definition) is 2. The molecule has 0 aliphatic carbocycles. The van der Waals surface area contributed by atoms with Crippen LogP contribution < -0.4 is 0 Å². The van der Waals surface area contributed by atoms with Gasteiger partial charge in [0, 0.05) is 16.6 Å². The van der Waals surface area contributed by atoms with Gasteiger partial charge in [0.25, 0.3) is 0 Å². The summed E-state index contributed by atoms with van der Waals surface area (Å²) < 4.78 is 13.9. The highest BCUT2D eigenvalue weighted by Crippen LogP contribution is 2.29. The molecule has 108 valence electrons. The first kappa shape index (κ1) is 15.4. The molecule has 2 aromatic carbocycles. The molecular weight excluding hydrogens is 287 g/mol. The second-order valence-electron chi connectivity index (χ2n) is 5.12. The Kier molecular flexibility index (Phi) is 4.53. The molecule has 1 aromatic heterocycles. The van der Waals surface area contributed by atoms with Crippen LogP contribution in [-0.4, -0.2) is 9.97 Å². The lowest BCUT2D eigenvalue weighted by atomic mass is 10.00. The van der Waals surface area contributed by atoms with Crippen LogP contribution >= 0.6 is 12.4 Å². The average molecular weight is 303 g/mol. The van der Waals surface area contributed by atoms with E-state index in [2.05, 4.69) is 23.8 Å². The number of benzene rings is 2. The Morgan fingerprint density at radius 1 is 0.952 bits per heavy atom. The van der Waals surface area contributed by atoms with Gasteiger partial charge in [0.05, 0.1) is 5.69 Å². The maximum Gasteiger partial charge on any atom is 0.131 e. The Hall–Kier alpha value is -2.00. The number of nitrogens with zero attached hydrogens (tertiary/aromatic N) is 2. The van der Waals surface area contributed by atoms with E-state index >= 15 is 0 Å². The Bertz CT molecular complexity index is 772. The molecule has 0 amide bonds. The molecule has 4 heteroatoms. The van der Waals surface area contributed by atoms with Crippen molar-refractivity contribution in [1.82, 2.24) is 9.97 Å². The summed E-state index contributed by atoms with van der Waals surface area (Å²) in [5.41, 5.74) is 2.76. The van der Waals surface area contributed by atoms with E-state index in [1.807, 2.05) is 24.3 Å². The molecule has 1 heterocycles. The molecule has 0 N–H and O–H groups in total. The van der Waals surface area contributed by atoms with Gasteiger partial charge in [-0.05, 0) is 29.5 Å². The summed E-state index contributed by atoms with van der Waals surface area (Å²) in [6.45, 7) is 4.18. The zero-order valence-electron chi connectivity index (χ0n) is 11.9. The summed E-state index contributed by atoms with van der Waals surface area (Å²) >= 11 is 0. The van der Waals surface area contributed by atoms with Crippen LogP contribution in [0.2, 0.25) is 0 Å². The molecule has 0 aliphatic heterocycles. The minimum Gasteiger partial charge on any atom is -0.241 e. The molecule has 0 spiro atoms. The van der Waals surface area contributed by atoms with Crippen molar-refractivity contribution in [3.05, 3.63) is 60.3 Å². The third-order valence-electron chi connectivity index (χ3n) is 3.43. The van der Waals surface area contributed by atoms with Gasteiger partial charge in [-0.1, -0.05) is 38.1 Å². The number of fused-ring (bicyclic) bond motifs is 1. The van der Waals surface area contributed by atoms with E-state index in [4.69, 9.17) is 0 Å². The molecule has 2 nitrogen and oxygen atoms in total. The maximum atomic E-state index is 13.9. The van der Waals surface area contributed by atoms with Crippen molar-refractivity contribution >= 4 is 23.2 Å². The molecular formula is C17H16ClFN2. The molecule has 0 fully saturated rings. The van der Waals surface area contributed by atoms with Gasteiger partial charge in [-0.2, -0.15) is 0 Å². The van der Waals surface area contributed by atoms with Gasteiger partial charge in [-0.25, -0.2) is 14.4 Å². The number of aromatic nitrogens is 2. The smallest absolute Gasteiger partial charge is 0.131 e. The van der Waals surface area contributed by atoms with E-state index in [1.54, 1.807) is 18.5 Å². The number of rotatable bonds is 2. The van der Waals surface area contributed by atoms with Crippen molar-refractivity contribution in [1.29, 1.82) is 0 Å². The van der Waals surface area contributed by atoms with Crippen molar-refractivity contribution in [2.75, 3.05) is 0 Å². The lowest BCUT2D eigenvalue weighted by molar-refractivity contribution is 0.640. The predicted octanol–water partition coefficient (Wildman–Crippen LogP) is 4.98. The normalized spacial score (nSPS) is 10.7. The third-order valence-corrected chi connectivity index (χ3v) is 3.43. The second kappa shape index (κ2) is 6.19. The summed E-state index contributed by atoms with van der Waals surface area (Å²) in [5.74, 6) is 0.131. The van der Waals surface area contributed by atoms with Gasteiger partial charge in [-0.15, -0.1) is 12.4 Å². The van der Waals surface area contributed by atoms with Crippen molar-refractivity contribution in [2.24, 2.45) is 0 Å².